The summed E-state index contributed by atoms with van der Waals surface area (Å²) in [5.74, 6) is 0. The first kappa shape index (κ1) is 17.9. The molecule has 0 aromatic heterocycles. The quantitative estimate of drug-likeness (QED) is 0.269. The maximum absolute atomic E-state index is 9.93. The molecule has 2 aliphatic rings. The van der Waals surface area contributed by atoms with Crippen LogP contribution in [0.5, 0.6) is 0 Å². The first-order valence-electron chi connectivity index (χ1n) is 6.93. The van der Waals surface area contributed by atoms with Gasteiger partial charge in [0.2, 0.25) is 0 Å². The van der Waals surface area contributed by atoms with E-state index in [1.54, 1.807) is 0 Å². The summed E-state index contributed by atoms with van der Waals surface area (Å²) in [6.07, 6.45) is -14.2. The zero-order valence-electron chi connectivity index (χ0n) is 11.8. The van der Waals surface area contributed by atoms with Crippen molar-refractivity contribution in [2.45, 2.75) is 68.3 Å². The van der Waals surface area contributed by atoms with Crippen LogP contribution >= 0.6 is 0 Å². The molecule has 2 aliphatic heterocycles. The van der Waals surface area contributed by atoms with Crippen LogP contribution in [0.4, 0.5) is 0 Å². The molecule has 0 aliphatic carbocycles. The summed E-state index contributed by atoms with van der Waals surface area (Å²) < 4.78 is 15.4. The molecule has 0 aromatic rings. The third-order valence-corrected chi connectivity index (χ3v) is 3.94. The lowest BCUT2D eigenvalue weighted by Crippen LogP contribution is -2.63. The lowest BCUT2D eigenvalue weighted by Gasteiger charge is -2.44. The third-order valence-electron chi connectivity index (χ3n) is 3.94. The highest BCUT2D eigenvalue weighted by atomic mass is 16.7. The molecule has 0 bridgehead atoms. The SMILES string of the molecule is C[C@@H]1O[C@@H](O[C@H]2[C@H](O)[C@@H](O)[C@@H](O)O[C@@H]2CO)[C@@H](O)[C@H](O)[C@@H]1O. The average molecular weight is 326 g/mol. The summed E-state index contributed by atoms with van der Waals surface area (Å²) in [7, 11) is 0. The second-order valence-electron chi connectivity index (χ2n) is 5.51. The fraction of sp³-hybridized carbons (Fsp3) is 1.00. The predicted molar refractivity (Wildman–Crippen MR) is 67.2 cm³/mol. The minimum atomic E-state index is -1.70. The molecule has 0 aromatic carbocycles. The molecule has 10 heteroatoms. The van der Waals surface area contributed by atoms with E-state index in [0.29, 0.717) is 0 Å². The Balaban J connectivity index is 2.10. The molecule has 7 N–H and O–H groups in total. The summed E-state index contributed by atoms with van der Waals surface area (Å²) in [4.78, 5) is 0. The number of hydrogen-bond donors (Lipinski definition) is 7. The van der Waals surface area contributed by atoms with E-state index in [0.717, 1.165) is 0 Å². The molecular formula is C12H22O10. The summed E-state index contributed by atoms with van der Waals surface area (Å²) >= 11 is 0. The Morgan fingerprint density at radius 2 is 1.45 bits per heavy atom. The van der Waals surface area contributed by atoms with Crippen LogP contribution in [-0.2, 0) is 14.2 Å². The van der Waals surface area contributed by atoms with Crippen molar-refractivity contribution >= 4 is 0 Å². The van der Waals surface area contributed by atoms with Crippen LogP contribution in [0.15, 0.2) is 0 Å². The maximum atomic E-state index is 9.93. The van der Waals surface area contributed by atoms with Crippen LogP contribution in [0, 0.1) is 0 Å². The summed E-state index contributed by atoms with van der Waals surface area (Å²) in [6, 6.07) is 0. The second kappa shape index (κ2) is 7.01. The van der Waals surface area contributed by atoms with E-state index in [-0.39, 0.29) is 0 Å². The van der Waals surface area contributed by atoms with Crippen molar-refractivity contribution in [3.05, 3.63) is 0 Å². The highest BCUT2D eigenvalue weighted by Crippen LogP contribution is 2.28. The lowest BCUT2D eigenvalue weighted by atomic mass is 9.97. The van der Waals surface area contributed by atoms with Crippen LogP contribution in [0.2, 0.25) is 0 Å². The molecule has 10 nitrogen and oxygen atoms in total. The van der Waals surface area contributed by atoms with Crippen molar-refractivity contribution in [3.63, 3.8) is 0 Å². The Morgan fingerprint density at radius 3 is 2.05 bits per heavy atom. The molecule has 0 unspecified atom stereocenters. The minimum absolute atomic E-state index is 0.630. The Morgan fingerprint density at radius 1 is 0.818 bits per heavy atom. The van der Waals surface area contributed by atoms with E-state index < -0.39 is 68.0 Å². The van der Waals surface area contributed by atoms with Gasteiger partial charge in [0.05, 0.1) is 12.7 Å². The van der Waals surface area contributed by atoms with Crippen LogP contribution in [-0.4, -0.2) is 104 Å². The minimum Gasteiger partial charge on any atom is -0.394 e. The molecule has 130 valence electrons. The molecule has 2 heterocycles. The zero-order valence-corrected chi connectivity index (χ0v) is 11.8. The van der Waals surface area contributed by atoms with Gasteiger partial charge in [-0.2, -0.15) is 0 Å². The average Bonchev–Trinajstić information content (AvgIpc) is 2.50. The lowest BCUT2D eigenvalue weighted by molar-refractivity contribution is -0.352. The van der Waals surface area contributed by atoms with Crippen molar-refractivity contribution in [2.75, 3.05) is 6.61 Å². The third kappa shape index (κ3) is 3.26. The first-order valence-corrected chi connectivity index (χ1v) is 6.93. The van der Waals surface area contributed by atoms with Gasteiger partial charge in [0.15, 0.2) is 12.6 Å². The summed E-state index contributed by atoms with van der Waals surface area (Å²) in [6.45, 7) is 0.821. The molecule has 0 saturated carbocycles. The van der Waals surface area contributed by atoms with Gasteiger partial charge in [-0.05, 0) is 6.92 Å². The van der Waals surface area contributed by atoms with Gasteiger partial charge >= 0.3 is 0 Å². The van der Waals surface area contributed by atoms with E-state index in [9.17, 15) is 35.7 Å². The number of ether oxygens (including phenoxy) is 3. The van der Waals surface area contributed by atoms with Gasteiger partial charge in [0.25, 0.3) is 0 Å². The van der Waals surface area contributed by atoms with Crippen molar-refractivity contribution in [1.82, 2.24) is 0 Å². The Hall–Kier alpha value is -0.400. The highest BCUT2D eigenvalue weighted by Gasteiger charge is 2.49. The van der Waals surface area contributed by atoms with Gasteiger partial charge in [-0.15, -0.1) is 0 Å². The summed E-state index contributed by atoms with van der Waals surface area (Å²) in [5, 5.41) is 67.3. The maximum Gasteiger partial charge on any atom is 0.187 e. The van der Waals surface area contributed by atoms with E-state index >= 15 is 0 Å². The van der Waals surface area contributed by atoms with E-state index in [1.165, 1.54) is 6.92 Å². The fourth-order valence-electron chi connectivity index (χ4n) is 2.52. The smallest absolute Gasteiger partial charge is 0.187 e. The molecule has 2 rings (SSSR count). The summed E-state index contributed by atoms with van der Waals surface area (Å²) in [5.41, 5.74) is 0. The normalized spacial score (nSPS) is 53.5. The number of aliphatic hydroxyl groups excluding tert-OH is 7. The van der Waals surface area contributed by atoms with Crippen molar-refractivity contribution in [2.24, 2.45) is 0 Å². The van der Waals surface area contributed by atoms with Crippen LogP contribution in [0.1, 0.15) is 6.92 Å². The molecular weight excluding hydrogens is 304 g/mol. The predicted octanol–water partition coefficient (Wildman–Crippen LogP) is -4.37. The molecule has 22 heavy (non-hydrogen) atoms. The zero-order chi connectivity index (χ0) is 16.6. The van der Waals surface area contributed by atoms with Crippen molar-refractivity contribution in [3.8, 4) is 0 Å². The Kier molecular flexibility index (Phi) is 5.72. The van der Waals surface area contributed by atoms with Crippen LogP contribution in [0.3, 0.4) is 0 Å². The molecule has 10 atom stereocenters. The first-order chi connectivity index (χ1) is 10.3. The number of rotatable bonds is 3. The Labute approximate surface area is 126 Å². The van der Waals surface area contributed by atoms with Gasteiger partial charge in [0, 0.05) is 0 Å². The second-order valence-corrected chi connectivity index (χ2v) is 5.51. The van der Waals surface area contributed by atoms with Crippen molar-refractivity contribution in [1.29, 1.82) is 0 Å². The monoisotopic (exact) mass is 326 g/mol. The molecule has 0 radical (unpaired) electrons. The van der Waals surface area contributed by atoms with Gasteiger partial charge in [-0.25, -0.2) is 0 Å². The van der Waals surface area contributed by atoms with Gasteiger partial charge < -0.3 is 50.0 Å². The van der Waals surface area contributed by atoms with Gasteiger partial charge in [-0.1, -0.05) is 0 Å². The number of hydrogen-bond acceptors (Lipinski definition) is 10. The van der Waals surface area contributed by atoms with E-state index in [4.69, 9.17) is 14.2 Å². The standard InChI is InChI=1S/C12H22O10/c1-3-5(14)6(15)9(18)12(20-3)22-10-4(2-13)21-11(19)8(17)7(10)16/h3-19H,2H2,1H3/t3-,4+,5+,6+,7+,8+,9-,10+,11-,12-/m0/s1. The fourth-order valence-corrected chi connectivity index (χ4v) is 2.52. The molecule has 0 amide bonds. The highest BCUT2D eigenvalue weighted by molar-refractivity contribution is 4.93. The largest absolute Gasteiger partial charge is 0.394 e. The van der Waals surface area contributed by atoms with E-state index in [1.807, 2.05) is 0 Å². The van der Waals surface area contributed by atoms with Gasteiger partial charge in [0.1, 0.15) is 42.7 Å². The Bertz CT molecular complexity index is 366. The number of aliphatic hydroxyl groups is 7. The van der Waals surface area contributed by atoms with Crippen LogP contribution in [0.25, 0.3) is 0 Å². The topological polar surface area (TPSA) is 169 Å². The molecule has 2 saturated heterocycles. The van der Waals surface area contributed by atoms with Gasteiger partial charge in [-0.3, -0.25) is 0 Å². The molecule has 2 fully saturated rings. The van der Waals surface area contributed by atoms with Crippen molar-refractivity contribution < 1.29 is 50.0 Å². The van der Waals surface area contributed by atoms with E-state index in [2.05, 4.69) is 0 Å². The molecule has 0 spiro atoms. The van der Waals surface area contributed by atoms with Crippen LogP contribution < -0.4 is 0 Å².